The molecule has 0 unspecified atom stereocenters. The fourth-order valence-corrected chi connectivity index (χ4v) is 1.48. The first-order valence-corrected chi connectivity index (χ1v) is 4.86. The third-order valence-electron chi connectivity index (χ3n) is 2.37. The standard InChI is InChI=1S/C11H11NO4/c1-7(12-5-13)11(14)8-2-3-9-10(4-8)16-6-15-9/h2-5,7H,6H2,1H3,(H,12,13)/t7-/m1/s1. The van der Waals surface area contributed by atoms with Gasteiger partial charge in [-0.1, -0.05) is 0 Å². The van der Waals surface area contributed by atoms with Crippen LogP contribution >= 0.6 is 0 Å². The molecule has 0 bridgehead atoms. The molecule has 1 N–H and O–H groups in total. The lowest BCUT2D eigenvalue weighted by atomic mass is 10.1. The number of hydrogen-bond acceptors (Lipinski definition) is 4. The highest BCUT2D eigenvalue weighted by Crippen LogP contribution is 2.32. The van der Waals surface area contributed by atoms with Crippen molar-refractivity contribution in [1.29, 1.82) is 0 Å². The van der Waals surface area contributed by atoms with E-state index in [0.29, 0.717) is 23.5 Å². The van der Waals surface area contributed by atoms with E-state index in [4.69, 9.17) is 9.47 Å². The number of rotatable bonds is 4. The number of amides is 1. The highest BCUT2D eigenvalue weighted by molar-refractivity contribution is 6.01. The van der Waals surface area contributed by atoms with Gasteiger partial charge in [-0.3, -0.25) is 9.59 Å². The number of hydrogen-bond donors (Lipinski definition) is 1. The molecule has 0 fully saturated rings. The van der Waals surface area contributed by atoms with Crippen LogP contribution in [0, 0.1) is 0 Å². The molecule has 0 aromatic heterocycles. The first kappa shape index (κ1) is 10.5. The summed E-state index contributed by atoms with van der Waals surface area (Å²) < 4.78 is 10.3. The minimum Gasteiger partial charge on any atom is -0.454 e. The van der Waals surface area contributed by atoms with Crippen molar-refractivity contribution >= 4 is 12.2 Å². The number of carbonyl (C=O) groups excluding carboxylic acids is 2. The second-order valence-electron chi connectivity index (χ2n) is 3.44. The van der Waals surface area contributed by atoms with E-state index in [9.17, 15) is 9.59 Å². The molecule has 1 atom stereocenters. The zero-order valence-electron chi connectivity index (χ0n) is 8.73. The van der Waals surface area contributed by atoms with Crippen LogP contribution in [0.5, 0.6) is 11.5 Å². The highest BCUT2D eigenvalue weighted by Gasteiger charge is 2.19. The number of nitrogens with one attached hydrogen (secondary N) is 1. The van der Waals surface area contributed by atoms with E-state index < -0.39 is 6.04 Å². The van der Waals surface area contributed by atoms with Gasteiger partial charge in [0, 0.05) is 5.56 Å². The van der Waals surface area contributed by atoms with Gasteiger partial charge in [-0.25, -0.2) is 0 Å². The van der Waals surface area contributed by atoms with E-state index in [-0.39, 0.29) is 12.6 Å². The van der Waals surface area contributed by atoms with Crippen molar-refractivity contribution < 1.29 is 19.1 Å². The fraction of sp³-hybridized carbons (Fsp3) is 0.273. The average Bonchev–Trinajstić information content (AvgIpc) is 2.75. The van der Waals surface area contributed by atoms with Gasteiger partial charge in [-0.15, -0.1) is 0 Å². The van der Waals surface area contributed by atoms with Crippen molar-refractivity contribution in [2.75, 3.05) is 6.79 Å². The van der Waals surface area contributed by atoms with Gasteiger partial charge in [-0.2, -0.15) is 0 Å². The molecule has 1 aromatic rings. The minimum absolute atomic E-state index is 0.162. The summed E-state index contributed by atoms with van der Waals surface area (Å²) in [7, 11) is 0. The lowest BCUT2D eigenvalue weighted by Gasteiger charge is -2.09. The molecule has 5 heteroatoms. The van der Waals surface area contributed by atoms with Crippen LogP contribution in [0.4, 0.5) is 0 Å². The Bertz CT molecular complexity index is 430. The summed E-state index contributed by atoms with van der Waals surface area (Å²) in [6.45, 7) is 1.80. The quantitative estimate of drug-likeness (QED) is 0.601. The van der Waals surface area contributed by atoms with E-state index >= 15 is 0 Å². The Kier molecular flexibility index (Phi) is 2.76. The molecule has 16 heavy (non-hydrogen) atoms. The molecule has 1 aliphatic heterocycles. The first-order valence-electron chi connectivity index (χ1n) is 4.86. The van der Waals surface area contributed by atoms with Crippen molar-refractivity contribution in [1.82, 2.24) is 5.32 Å². The lowest BCUT2D eigenvalue weighted by molar-refractivity contribution is -0.109. The van der Waals surface area contributed by atoms with Crippen LogP contribution in [0.3, 0.4) is 0 Å². The van der Waals surface area contributed by atoms with Gasteiger partial charge in [0.15, 0.2) is 17.3 Å². The molecule has 5 nitrogen and oxygen atoms in total. The van der Waals surface area contributed by atoms with E-state index in [2.05, 4.69) is 5.32 Å². The van der Waals surface area contributed by atoms with Gasteiger partial charge in [0.2, 0.25) is 13.2 Å². The Morgan fingerprint density at radius 3 is 2.94 bits per heavy atom. The second kappa shape index (κ2) is 4.22. The predicted molar refractivity (Wildman–Crippen MR) is 55.6 cm³/mol. The summed E-state index contributed by atoms with van der Waals surface area (Å²) in [6.07, 6.45) is 0.509. The SMILES string of the molecule is C[C@@H](NC=O)C(=O)c1ccc2c(c1)OCO2. The van der Waals surface area contributed by atoms with E-state index in [1.807, 2.05) is 0 Å². The summed E-state index contributed by atoms with van der Waals surface area (Å²) in [5, 5.41) is 2.41. The Hall–Kier alpha value is -2.04. The maximum atomic E-state index is 11.8. The highest BCUT2D eigenvalue weighted by atomic mass is 16.7. The summed E-state index contributed by atoms with van der Waals surface area (Å²) in [5.41, 5.74) is 0.492. The number of fused-ring (bicyclic) bond motifs is 1. The van der Waals surface area contributed by atoms with Crippen LogP contribution in [0.15, 0.2) is 18.2 Å². The van der Waals surface area contributed by atoms with Crippen LogP contribution in [0.2, 0.25) is 0 Å². The van der Waals surface area contributed by atoms with Crippen molar-refractivity contribution in [3.8, 4) is 11.5 Å². The molecule has 2 rings (SSSR count). The molecule has 0 saturated heterocycles. The van der Waals surface area contributed by atoms with Gasteiger partial charge in [-0.05, 0) is 25.1 Å². The van der Waals surface area contributed by atoms with Crippen molar-refractivity contribution in [2.45, 2.75) is 13.0 Å². The van der Waals surface area contributed by atoms with Gasteiger partial charge < -0.3 is 14.8 Å². The monoisotopic (exact) mass is 221 g/mol. The maximum absolute atomic E-state index is 11.8. The summed E-state index contributed by atoms with van der Waals surface area (Å²) in [6, 6.07) is 4.41. The third kappa shape index (κ3) is 1.84. The van der Waals surface area contributed by atoms with E-state index in [1.54, 1.807) is 25.1 Å². The van der Waals surface area contributed by atoms with Crippen LogP contribution in [0.25, 0.3) is 0 Å². The lowest BCUT2D eigenvalue weighted by Crippen LogP contribution is -2.32. The average molecular weight is 221 g/mol. The number of benzene rings is 1. The number of carbonyl (C=O) groups is 2. The van der Waals surface area contributed by atoms with Gasteiger partial charge >= 0.3 is 0 Å². The topological polar surface area (TPSA) is 64.6 Å². The zero-order chi connectivity index (χ0) is 11.5. The minimum atomic E-state index is -0.544. The summed E-state index contributed by atoms with van der Waals surface area (Å²) >= 11 is 0. The largest absolute Gasteiger partial charge is 0.454 e. The molecular formula is C11H11NO4. The van der Waals surface area contributed by atoms with Gasteiger partial charge in [0.05, 0.1) is 6.04 Å². The molecular weight excluding hydrogens is 210 g/mol. The second-order valence-corrected chi connectivity index (χ2v) is 3.44. The van der Waals surface area contributed by atoms with Gasteiger partial charge in [0.25, 0.3) is 0 Å². The fourth-order valence-electron chi connectivity index (χ4n) is 1.48. The predicted octanol–water partition coefficient (Wildman–Crippen LogP) is 0.732. The maximum Gasteiger partial charge on any atom is 0.231 e. The Labute approximate surface area is 92.4 Å². The molecule has 1 aromatic carbocycles. The normalized spacial score (nSPS) is 14.3. The van der Waals surface area contributed by atoms with Crippen LogP contribution in [-0.2, 0) is 4.79 Å². The van der Waals surface area contributed by atoms with Crippen LogP contribution in [0.1, 0.15) is 17.3 Å². The number of ether oxygens (including phenoxy) is 2. The summed E-state index contributed by atoms with van der Waals surface area (Å²) in [5.74, 6) is 1.03. The van der Waals surface area contributed by atoms with Crippen LogP contribution < -0.4 is 14.8 Å². The molecule has 1 amide bonds. The molecule has 0 aliphatic carbocycles. The molecule has 1 heterocycles. The molecule has 0 spiro atoms. The van der Waals surface area contributed by atoms with E-state index in [0.717, 1.165) is 0 Å². The smallest absolute Gasteiger partial charge is 0.231 e. The molecule has 0 saturated carbocycles. The third-order valence-corrected chi connectivity index (χ3v) is 2.37. The Morgan fingerprint density at radius 2 is 2.19 bits per heavy atom. The Morgan fingerprint density at radius 1 is 1.44 bits per heavy atom. The molecule has 1 aliphatic rings. The summed E-state index contributed by atoms with van der Waals surface area (Å²) in [4.78, 5) is 22.0. The first-order chi connectivity index (χ1) is 7.72. The molecule has 84 valence electrons. The molecule has 0 radical (unpaired) electrons. The van der Waals surface area contributed by atoms with Crippen molar-refractivity contribution in [3.63, 3.8) is 0 Å². The van der Waals surface area contributed by atoms with Gasteiger partial charge in [0.1, 0.15) is 0 Å². The zero-order valence-corrected chi connectivity index (χ0v) is 8.73. The number of ketones is 1. The Balaban J connectivity index is 2.21. The number of Topliss-reactive ketones (excluding diaryl/α,β-unsaturated/α-hetero) is 1. The van der Waals surface area contributed by atoms with Crippen LogP contribution in [-0.4, -0.2) is 25.0 Å². The van der Waals surface area contributed by atoms with Crippen molar-refractivity contribution in [2.24, 2.45) is 0 Å². The van der Waals surface area contributed by atoms with E-state index in [1.165, 1.54) is 0 Å². The van der Waals surface area contributed by atoms with Crippen molar-refractivity contribution in [3.05, 3.63) is 23.8 Å².